The number of benzene rings is 1. The Labute approximate surface area is 113 Å². The maximum Gasteiger partial charge on any atom is 0.253 e. The fourth-order valence-electron chi connectivity index (χ4n) is 3.52. The van der Waals surface area contributed by atoms with Crippen LogP contribution in [0.25, 0.3) is 0 Å². The van der Waals surface area contributed by atoms with Gasteiger partial charge in [-0.3, -0.25) is 4.79 Å². The number of aryl methyl sites for hydroxylation is 1. The lowest BCUT2D eigenvalue weighted by Gasteiger charge is -2.19. The van der Waals surface area contributed by atoms with Gasteiger partial charge in [-0.05, 0) is 49.4 Å². The van der Waals surface area contributed by atoms with Crippen molar-refractivity contribution in [1.29, 1.82) is 0 Å². The van der Waals surface area contributed by atoms with Crippen molar-refractivity contribution in [3.63, 3.8) is 0 Å². The van der Waals surface area contributed by atoms with Gasteiger partial charge in [0.1, 0.15) is 0 Å². The van der Waals surface area contributed by atoms with Crippen molar-refractivity contribution in [3.05, 3.63) is 29.3 Å². The summed E-state index contributed by atoms with van der Waals surface area (Å²) in [4.78, 5) is 14.3. The Morgan fingerprint density at radius 1 is 1.32 bits per heavy atom. The second-order valence-corrected chi connectivity index (χ2v) is 5.91. The highest BCUT2D eigenvalue weighted by atomic mass is 16.3. The summed E-state index contributed by atoms with van der Waals surface area (Å²) in [6, 6.07) is 5.47. The predicted octanol–water partition coefficient (Wildman–Crippen LogP) is 1.42. The number of likely N-dealkylation sites (tertiary alicyclic amines) is 1. The van der Waals surface area contributed by atoms with Crippen molar-refractivity contribution in [2.75, 3.05) is 18.8 Å². The molecule has 1 saturated carbocycles. The highest BCUT2D eigenvalue weighted by Gasteiger charge is 2.43. The molecule has 19 heavy (non-hydrogen) atoms. The minimum Gasteiger partial charge on any atom is -0.399 e. The van der Waals surface area contributed by atoms with E-state index in [1.165, 1.54) is 0 Å². The van der Waals surface area contributed by atoms with Crippen LogP contribution in [-0.4, -0.2) is 35.1 Å². The number of aliphatic hydroxyl groups excluding tert-OH is 1. The van der Waals surface area contributed by atoms with Gasteiger partial charge in [-0.15, -0.1) is 0 Å². The molecule has 0 radical (unpaired) electrons. The normalized spacial score (nSPS) is 29.6. The monoisotopic (exact) mass is 260 g/mol. The number of fused-ring (bicyclic) bond motifs is 1. The highest BCUT2D eigenvalue weighted by Crippen LogP contribution is 2.38. The van der Waals surface area contributed by atoms with Crippen molar-refractivity contribution >= 4 is 11.6 Å². The second kappa shape index (κ2) is 4.53. The molecular formula is C15H20N2O2. The number of hydrogen-bond donors (Lipinski definition) is 2. The molecule has 3 unspecified atom stereocenters. The number of rotatable bonds is 1. The van der Waals surface area contributed by atoms with Crippen LogP contribution in [0.2, 0.25) is 0 Å². The minimum atomic E-state index is -0.231. The van der Waals surface area contributed by atoms with Crippen LogP contribution in [0.5, 0.6) is 0 Å². The maximum atomic E-state index is 12.5. The van der Waals surface area contributed by atoms with Gasteiger partial charge in [0.05, 0.1) is 6.10 Å². The molecule has 3 rings (SSSR count). The van der Waals surface area contributed by atoms with E-state index >= 15 is 0 Å². The number of hydrogen-bond acceptors (Lipinski definition) is 3. The van der Waals surface area contributed by atoms with E-state index in [1.54, 1.807) is 6.07 Å². The molecule has 3 N–H and O–H groups in total. The Kier molecular flexibility index (Phi) is 2.97. The van der Waals surface area contributed by atoms with Gasteiger partial charge in [0.2, 0.25) is 0 Å². The molecule has 1 saturated heterocycles. The summed E-state index contributed by atoms with van der Waals surface area (Å²) >= 11 is 0. The van der Waals surface area contributed by atoms with Crippen LogP contribution in [0.3, 0.4) is 0 Å². The van der Waals surface area contributed by atoms with Crippen molar-refractivity contribution in [2.45, 2.75) is 25.9 Å². The molecule has 1 aromatic rings. The minimum absolute atomic E-state index is 0.0389. The summed E-state index contributed by atoms with van der Waals surface area (Å²) < 4.78 is 0. The van der Waals surface area contributed by atoms with Gasteiger partial charge in [0.15, 0.2) is 0 Å². The van der Waals surface area contributed by atoms with Gasteiger partial charge in [0, 0.05) is 30.3 Å². The third-order valence-electron chi connectivity index (χ3n) is 4.45. The number of nitrogens with two attached hydrogens (primary N) is 1. The quantitative estimate of drug-likeness (QED) is 0.750. The molecule has 2 fully saturated rings. The Bertz CT molecular complexity index is 495. The molecule has 2 aliphatic rings. The number of nitrogens with zero attached hydrogens (tertiary/aromatic N) is 1. The van der Waals surface area contributed by atoms with Gasteiger partial charge in [0.25, 0.3) is 5.91 Å². The summed E-state index contributed by atoms with van der Waals surface area (Å²) in [6.07, 6.45) is 1.69. The maximum absolute atomic E-state index is 12.5. The summed E-state index contributed by atoms with van der Waals surface area (Å²) in [5.74, 6) is 0.782. The lowest BCUT2D eigenvalue weighted by Crippen LogP contribution is -2.31. The number of nitrogen functional groups attached to an aromatic ring is 1. The average molecular weight is 260 g/mol. The van der Waals surface area contributed by atoms with Crippen LogP contribution in [0.4, 0.5) is 5.69 Å². The SMILES string of the molecule is Cc1cc(N)cc(C(=O)N2CC3CCC(O)C3C2)c1. The van der Waals surface area contributed by atoms with E-state index in [2.05, 4.69) is 0 Å². The first kappa shape index (κ1) is 12.5. The van der Waals surface area contributed by atoms with Crippen LogP contribution in [0.15, 0.2) is 18.2 Å². The van der Waals surface area contributed by atoms with Crippen molar-refractivity contribution in [2.24, 2.45) is 11.8 Å². The third-order valence-corrected chi connectivity index (χ3v) is 4.45. The van der Waals surface area contributed by atoms with Crippen molar-refractivity contribution in [3.8, 4) is 0 Å². The number of carbonyl (C=O) groups is 1. The summed E-state index contributed by atoms with van der Waals surface area (Å²) in [5.41, 5.74) is 8.09. The topological polar surface area (TPSA) is 66.6 Å². The second-order valence-electron chi connectivity index (χ2n) is 5.91. The molecule has 1 aliphatic carbocycles. The molecule has 4 heteroatoms. The van der Waals surface area contributed by atoms with Crippen LogP contribution in [0, 0.1) is 18.8 Å². The lowest BCUT2D eigenvalue weighted by molar-refractivity contribution is 0.0752. The first-order chi connectivity index (χ1) is 9.04. The molecule has 1 aliphatic heterocycles. The molecule has 1 aromatic carbocycles. The number of anilines is 1. The van der Waals surface area contributed by atoms with E-state index in [9.17, 15) is 9.90 Å². The zero-order valence-corrected chi connectivity index (χ0v) is 11.2. The molecule has 1 amide bonds. The third kappa shape index (κ3) is 2.21. The van der Waals surface area contributed by atoms with E-state index < -0.39 is 0 Å². The molecular weight excluding hydrogens is 240 g/mol. The molecule has 0 bridgehead atoms. The number of aliphatic hydroxyl groups is 1. The Balaban J connectivity index is 1.78. The summed E-state index contributed by atoms with van der Waals surface area (Å²) in [6.45, 7) is 3.39. The first-order valence-corrected chi connectivity index (χ1v) is 6.89. The van der Waals surface area contributed by atoms with E-state index in [0.717, 1.165) is 24.9 Å². The molecule has 0 spiro atoms. The van der Waals surface area contributed by atoms with Crippen LogP contribution < -0.4 is 5.73 Å². The highest BCUT2D eigenvalue weighted by molar-refractivity contribution is 5.95. The Morgan fingerprint density at radius 2 is 2.11 bits per heavy atom. The van der Waals surface area contributed by atoms with Gasteiger partial charge in [-0.1, -0.05) is 0 Å². The number of carbonyl (C=O) groups excluding carboxylic acids is 1. The smallest absolute Gasteiger partial charge is 0.253 e. The molecule has 4 nitrogen and oxygen atoms in total. The summed E-state index contributed by atoms with van der Waals surface area (Å²) in [7, 11) is 0. The van der Waals surface area contributed by atoms with E-state index in [-0.39, 0.29) is 17.9 Å². The van der Waals surface area contributed by atoms with E-state index in [0.29, 0.717) is 23.7 Å². The zero-order chi connectivity index (χ0) is 13.6. The fraction of sp³-hybridized carbons (Fsp3) is 0.533. The molecule has 3 atom stereocenters. The molecule has 0 aromatic heterocycles. The zero-order valence-electron chi connectivity index (χ0n) is 11.2. The summed E-state index contributed by atoms with van der Waals surface area (Å²) in [5, 5.41) is 9.90. The van der Waals surface area contributed by atoms with Gasteiger partial charge < -0.3 is 15.7 Å². The predicted molar refractivity (Wildman–Crippen MR) is 73.7 cm³/mol. The van der Waals surface area contributed by atoms with E-state index in [1.807, 2.05) is 24.0 Å². The number of amides is 1. The molecule has 1 heterocycles. The fourth-order valence-corrected chi connectivity index (χ4v) is 3.52. The van der Waals surface area contributed by atoms with Crippen molar-refractivity contribution < 1.29 is 9.90 Å². The standard InChI is InChI=1S/C15H20N2O2/c1-9-4-11(6-12(16)5-9)15(19)17-7-10-2-3-14(18)13(10)8-17/h4-6,10,13-14,18H,2-3,7-8,16H2,1H3. The Morgan fingerprint density at radius 3 is 2.79 bits per heavy atom. The van der Waals surface area contributed by atoms with Crippen LogP contribution >= 0.6 is 0 Å². The average Bonchev–Trinajstić information content (AvgIpc) is 2.90. The van der Waals surface area contributed by atoms with E-state index in [4.69, 9.17) is 5.73 Å². The molecule has 102 valence electrons. The first-order valence-electron chi connectivity index (χ1n) is 6.89. The van der Waals surface area contributed by atoms with Crippen LogP contribution in [-0.2, 0) is 0 Å². The lowest BCUT2D eigenvalue weighted by atomic mass is 10.00. The van der Waals surface area contributed by atoms with Gasteiger partial charge in [-0.2, -0.15) is 0 Å². The largest absolute Gasteiger partial charge is 0.399 e. The van der Waals surface area contributed by atoms with Gasteiger partial charge in [-0.25, -0.2) is 0 Å². The van der Waals surface area contributed by atoms with Crippen molar-refractivity contribution in [1.82, 2.24) is 4.90 Å². The Hall–Kier alpha value is -1.55. The van der Waals surface area contributed by atoms with Gasteiger partial charge >= 0.3 is 0 Å². The van der Waals surface area contributed by atoms with Crippen LogP contribution in [0.1, 0.15) is 28.8 Å².